The van der Waals surface area contributed by atoms with Crippen LogP contribution in [0.15, 0.2) is 60.0 Å². The molecule has 1 atom stereocenters. The number of amides is 1. The first-order valence-corrected chi connectivity index (χ1v) is 12.7. The van der Waals surface area contributed by atoms with Crippen LogP contribution in [0.4, 0.5) is 11.4 Å². The maximum Gasteiger partial charge on any atom is 0.349 e. The molecule has 2 aromatic carbocycles. The van der Waals surface area contributed by atoms with Gasteiger partial charge in [-0.3, -0.25) is 14.2 Å². The highest BCUT2D eigenvalue weighted by atomic mass is 32.1. The Morgan fingerprint density at radius 2 is 1.76 bits per heavy atom. The second kappa shape index (κ2) is 10.8. The average molecular weight is 489 g/mol. The quantitative estimate of drug-likeness (QED) is 0.249. The van der Waals surface area contributed by atoms with Gasteiger partial charge in [0.2, 0.25) is 0 Å². The van der Waals surface area contributed by atoms with Crippen molar-refractivity contribution in [1.82, 2.24) is 0 Å². The molecule has 0 aliphatic carbocycles. The topological polar surface area (TPSA) is 128 Å². The molecule has 0 aliphatic rings. The van der Waals surface area contributed by atoms with E-state index in [1.54, 1.807) is 37.3 Å². The Morgan fingerprint density at radius 3 is 2.30 bits per heavy atom. The summed E-state index contributed by atoms with van der Waals surface area (Å²) in [5.41, 5.74) is 6.84. The molecule has 0 spiro atoms. The van der Waals surface area contributed by atoms with E-state index in [9.17, 15) is 19.3 Å². The minimum absolute atomic E-state index is 0.0352. The number of aliphatic carboxylic acids is 1. The van der Waals surface area contributed by atoms with Crippen molar-refractivity contribution in [3.05, 3.63) is 71.1 Å². The second-order valence-electron chi connectivity index (χ2n) is 6.97. The molecule has 10 heteroatoms. The average Bonchev–Trinajstić information content (AvgIpc) is 3.31. The lowest BCUT2D eigenvalue weighted by Crippen LogP contribution is -2.17. The first-order valence-electron chi connectivity index (χ1n) is 10.2. The van der Waals surface area contributed by atoms with Crippen LogP contribution in [0.25, 0.3) is 10.4 Å². The number of benzene rings is 2. The van der Waals surface area contributed by atoms with E-state index < -0.39 is 25.1 Å². The van der Waals surface area contributed by atoms with E-state index >= 15 is 0 Å². The number of nitrogens with two attached hydrogens (primary N) is 1. The van der Waals surface area contributed by atoms with Gasteiger partial charge in [-0.05, 0) is 60.7 Å². The number of hydrogen-bond donors (Lipinski definition) is 3. The fourth-order valence-electron chi connectivity index (χ4n) is 3.28. The van der Waals surface area contributed by atoms with Gasteiger partial charge in [-0.25, -0.2) is 0 Å². The molecule has 0 bridgehead atoms. The summed E-state index contributed by atoms with van der Waals surface area (Å²) < 4.78 is 23.5. The zero-order valence-corrected chi connectivity index (χ0v) is 19.9. The Labute approximate surface area is 195 Å². The third-order valence-corrected chi connectivity index (χ3v) is 8.07. The SMILES string of the molecule is CCOP(=O)(OCC)C(C(=O)O)c1ccc(C(=O)Nc2cc(-c3cccs3)ccc2N)cc1. The summed E-state index contributed by atoms with van der Waals surface area (Å²) in [5.74, 6) is -1.75. The number of carboxylic acids is 1. The molecule has 0 fully saturated rings. The van der Waals surface area contributed by atoms with E-state index in [-0.39, 0.29) is 24.3 Å². The number of hydrogen-bond acceptors (Lipinski definition) is 7. The highest BCUT2D eigenvalue weighted by Crippen LogP contribution is 2.61. The van der Waals surface area contributed by atoms with Crippen molar-refractivity contribution in [1.29, 1.82) is 0 Å². The Morgan fingerprint density at radius 1 is 1.09 bits per heavy atom. The number of thiophene rings is 1. The maximum atomic E-state index is 13.1. The third-order valence-electron chi connectivity index (χ3n) is 4.76. The molecule has 4 N–H and O–H groups in total. The van der Waals surface area contributed by atoms with Gasteiger partial charge in [0, 0.05) is 10.4 Å². The molecule has 33 heavy (non-hydrogen) atoms. The molecule has 1 heterocycles. The summed E-state index contributed by atoms with van der Waals surface area (Å²) in [7, 11) is -3.95. The molecule has 3 aromatic rings. The van der Waals surface area contributed by atoms with Crippen LogP contribution in [0.1, 0.15) is 35.4 Å². The van der Waals surface area contributed by atoms with E-state index in [1.165, 1.54) is 24.3 Å². The van der Waals surface area contributed by atoms with E-state index in [0.717, 1.165) is 10.4 Å². The lowest BCUT2D eigenvalue weighted by molar-refractivity contribution is -0.137. The van der Waals surface area contributed by atoms with Crippen LogP contribution in [-0.2, 0) is 18.4 Å². The van der Waals surface area contributed by atoms with Crippen LogP contribution < -0.4 is 11.1 Å². The van der Waals surface area contributed by atoms with E-state index in [0.29, 0.717) is 11.4 Å². The molecule has 1 unspecified atom stereocenters. The van der Waals surface area contributed by atoms with Gasteiger partial charge in [-0.2, -0.15) is 0 Å². The van der Waals surface area contributed by atoms with Gasteiger partial charge in [0.05, 0.1) is 24.6 Å². The Bertz CT molecular complexity index is 1150. The zero-order chi connectivity index (χ0) is 24.0. The number of nitrogen functional groups attached to an aromatic ring is 1. The molecule has 0 saturated heterocycles. The fourth-order valence-corrected chi connectivity index (χ4v) is 5.90. The van der Waals surface area contributed by atoms with Crippen LogP contribution in [0.5, 0.6) is 0 Å². The molecular weight excluding hydrogens is 463 g/mol. The van der Waals surface area contributed by atoms with Crippen LogP contribution in [0, 0.1) is 0 Å². The van der Waals surface area contributed by atoms with E-state index in [1.807, 2.05) is 23.6 Å². The van der Waals surface area contributed by atoms with E-state index in [4.69, 9.17) is 14.8 Å². The number of carbonyl (C=O) groups is 2. The van der Waals surface area contributed by atoms with Crippen molar-refractivity contribution in [2.24, 2.45) is 0 Å². The van der Waals surface area contributed by atoms with Crippen LogP contribution in [0.2, 0.25) is 0 Å². The van der Waals surface area contributed by atoms with Crippen LogP contribution in [-0.4, -0.2) is 30.2 Å². The van der Waals surface area contributed by atoms with Crippen molar-refractivity contribution in [2.45, 2.75) is 19.5 Å². The highest BCUT2D eigenvalue weighted by Gasteiger charge is 2.42. The number of carbonyl (C=O) groups excluding carboxylic acids is 1. The summed E-state index contributed by atoms with van der Waals surface area (Å²) in [6.45, 7) is 3.29. The molecule has 0 aliphatic heterocycles. The Balaban J connectivity index is 1.83. The van der Waals surface area contributed by atoms with Crippen molar-refractivity contribution in [3.63, 3.8) is 0 Å². The summed E-state index contributed by atoms with van der Waals surface area (Å²) >= 11 is 1.58. The molecule has 0 saturated carbocycles. The Hall–Kier alpha value is -2.97. The largest absolute Gasteiger partial charge is 0.480 e. The van der Waals surface area contributed by atoms with Gasteiger partial charge in [0.15, 0.2) is 5.66 Å². The second-order valence-corrected chi connectivity index (χ2v) is 10.0. The minimum atomic E-state index is -3.95. The smallest absolute Gasteiger partial charge is 0.349 e. The van der Waals surface area contributed by atoms with Gasteiger partial charge in [0.25, 0.3) is 5.91 Å². The number of rotatable bonds is 10. The van der Waals surface area contributed by atoms with Crippen molar-refractivity contribution in [3.8, 4) is 10.4 Å². The van der Waals surface area contributed by atoms with Gasteiger partial charge in [-0.15, -0.1) is 11.3 Å². The maximum absolute atomic E-state index is 13.1. The lowest BCUT2D eigenvalue weighted by Gasteiger charge is -2.23. The molecule has 174 valence electrons. The zero-order valence-electron chi connectivity index (χ0n) is 18.2. The van der Waals surface area contributed by atoms with Gasteiger partial charge < -0.3 is 25.2 Å². The minimum Gasteiger partial charge on any atom is -0.480 e. The number of nitrogens with one attached hydrogen (secondary N) is 1. The summed E-state index contributed by atoms with van der Waals surface area (Å²) in [4.78, 5) is 25.7. The van der Waals surface area contributed by atoms with Crippen LogP contribution >= 0.6 is 18.9 Å². The first kappa shape index (κ1) is 24.7. The number of carboxylic acid groups (broad SMARTS) is 1. The monoisotopic (exact) mass is 488 g/mol. The summed E-state index contributed by atoms with van der Waals surface area (Å²) in [6.07, 6.45) is 0. The first-order chi connectivity index (χ1) is 15.8. The Kier molecular flexibility index (Phi) is 8.05. The molecule has 8 nitrogen and oxygen atoms in total. The van der Waals surface area contributed by atoms with E-state index in [2.05, 4.69) is 5.32 Å². The highest BCUT2D eigenvalue weighted by molar-refractivity contribution is 7.55. The van der Waals surface area contributed by atoms with Crippen molar-refractivity contribution < 1.29 is 28.3 Å². The lowest BCUT2D eigenvalue weighted by atomic mass is 10.1. The molecule has 1 amide bonds. The third kappa shape index (κ3) is 5.69. The molecule has 0 radical (unpaired) electrons. The normalized spacial score (nSPS) is 12.3. The van der Waals surface area contributed by atoms with Crippen molar-refractivity contribution >= 4 is 42.2 Å². The molecule has 3 rings (SSSR count). The van der Waals surface area contributed by atoms with Gasteiger partial charge in [0.1, 0.15) is 0 Å². The van der Waals surface area contributed by atoms with Crippen molar-refractivity contribution in [2.75, 3.05) is 24.3 Å². The fraction of sp³-hybridized carbons (Fsp3) is 0.217. The summed E-state index contributed by atoms with van der Waals surface area (Å²) in [6, 6.07) is 15.1. The standard InChI is InChI=1S/C23H25N2O6PS/c1-3-30-32(29,31-4-2)21(23(27)28)15-7-9-16(10-8-15)22(26)25-19-14-17(11-12-18(19)24)20-6-5-13-33-20/h5-14,21H,3-4,24H2,1-2H3,(H,25,26)(H,27,28). The molecule has 1 aromatic heterocycles. The van der Waals surface area contributed by atoms with Gasteiger partial charge in [-0.1, -0.05) is 24.3 Å². The number of anilines is 2. The van der Waals surface area contributed by atoms with Gasteiger partial charge >= 0.3 is 13.6 Å². The van der Waals surface area contributed by atoms with Crippen LogP contribution in [0.3, 0.4) is 0 Å². The summed E-state index contributed by atoms with van der Waals surface area (Å²) in [5, 5.41) is 14.5. The predicted molar refractivity (Wildman–Crippen MR) is 130 cm³/mol. The predicted octanol–water partition coefficient (Wildman–Crippen LogP) is 5.64. The molecular formula is C23H25N2O6PS.